The number of hydrogen-bond acceptors (Lipinski definition) is 5. The summed E-state index contributed by atoms with van der Waals surface area (Å²) >= 11 is 0. The molecule has 0 saturated carbocycles. The van der Waals surface area contributed by atoms with E-state index in [2.05, 4.69) is 5.16 Å². The maximum absolute atomic E-state index is 12.8. The Labute approximate surface area is 140 Å². The van der Waals surface area contributed by atoms with Crippen molar-refractivity contribution in [3.05, 3.63) is 42.2 Å². The summed E-state index contributed by atoms with van der Waals surface area (Å²) in [5.41, 5.74) is 1.52. The van der Waals surface area contributed by atoms with Crippen LogP contribution in [0, 0.1) is 11.3 Å². The molecule has 2 atom stereocenters. The SMILES string of the molecule is COC[C@@]12COC[C@@H]1CN(C(=O)c1cc(-c3ccccc3)no1)C2. The van der Waals surface area contributed by atoms with Gasteiger partial charge in [0.1, 0.15) is 5.69 Å². The van der Waals surface area contributed by atoms with Crippen LogP contribution in [0.15, 0.2) is 40.9 Å². The lowest BCUT2D eigenvalue weighted by atomic mass is 9.82. The first-order valence-corrected chi connectivity index (χ1v) is 8.10. The van der Waals surface area contributed by atoms with E-state index in [1.54, 1.807) is 13.2 Å². The monoisotopic (exact) mass is 328 g/mol. The van der Waals surface area contributed by atoms with Crippen LogP contribution in [-0.2, 0) is 9.47 Å². The zero-order valence-electron chi connectivity index (χ0n) is 13.6. The van der Waals surface area contributed by atoms with Crippen molar-refractivity contribution in [3.8, 4) is 11.3 Å². The molecule has 0 radical (unpaired) electrons. The number of nitrogens with zero attached hydrogens (tertiary/aromatic N) is 2. The van der Waals surface area contributed by atoms with E-state index in [4.69, 9.17) is 14.0 Å². The standard InChI is InChI=1S/C18H20N2O4/c1-22-11-18-10-20(8-14(18)9-23-12-18)17(21)16-7-15(19-24-16)13-5-3-2-4-6-13/h2-7,14H,8-12H2,1H3/t14-,18-/m0/s1. The third-order valence-electron chi connectivity index (χ3n) is 5.03. The van der Waals surface area contributed by atoms with Gasteiger partial charge in [0, 0.05) is 43.2 Å². The van der Waals surface area contributed by atoms with E-state index in [1.165, 1.54) is 0 Å². The zero-order valence-corrected chi connectivity index (χ0v) is 13.6. The van der Waals surface area contributed by atoms with Crippen molar-refractivity contribution in [2.45, 2.75) is 0 Å². The number of hydrogen-bond donors (Lipinski definition) is 0. The lowest BCUT2D eigenvalue weighted by molar-refractivity contribution is 0.0474. The highest BCUT2D eigenvalue weighted by atomic mass is 16.5. The maximum Gasteiger partial charge on any atom is 0.292 e. The smallest absolute Gasteiger partial charge is 0.292 e. The van der Waals surface area contributed by atoms with Crippen LogP contribution in [0.2, 0.25) is 0 Å². The highest BCUT2D eigenvalue weighted by molar-refractivity contribution is 5.92. The minimum absolute atomic E-state index is 0.0906. The Morgan fingerprint density at radius 2 is 2.25 bits per heavy atom. The fourth-order valence-electron chi connectivity index (χ4n) is 3.75. The molecule has 2 fully saturated rings. The number of rotatable bonds is 4. The van der Waals surface area contributed by atoms with Gasteiger partial charge in [-0.1, -0.05) is 35.5 Å². The van der Waals surface area contributed by atoms with Crippen molar-refractivity contribution in [1.82, 2.24) is 10.1 Å². The van der Waals surface area contributed by atoms with Gasteiger partial charge in [0.25, 0.3) is 5.91 Å². The van der Waals surface area contributed by atoms with E-state index in [0.29, 0.717) is 44.5 Å². The number of aromatic nitrogens is 1. The topological polar surface area (TPSA) is 64.8 Å². The summed E-state index contributed by atoms with van der Waals surface area (Å²) in [4.78, 5) is 14.6. The lowest BCUT2D eigenvalue weighted by Gasteiger charge is -2.25. The van der Waals surface area contributed by atoms with Gasteiger partial charge in [0.05, 0.1) is 19.8 Å². The van der Waals surface area contributed by atoms with Gasteiger partial charge in [0.15, 0.2) is 0 Å². The second-order valence-electron chi connectivity index (χ2n) is 6.64. The molecule has 2 aromatic rings. The molecule has 2 aliphatic heterocycles. The summed E-state index contributed by atoms with van der Waals surface area (Å²) in [6, 6.07) is 11.4. The summed E-state index contributed by atoms with van der Waals surface area (Å²) in [5.74, 6) is 0.481. The largest absolute Gasteiger partial charge is 0.384 e. The lowest BCUT2D eigenvalue weighted by Crippen LogP contribution is -2.36. The second-order valence-corrected chi connectivity index (χ2v) is 6.64. The number of benzene rings is 1. The molecule has 3 heterocycles. The molecule has 1 amide bonds. The Balaban J connectivity index is 1.52. The van der Waals surface area contributed by atoms with Crippen LogP contribution in [0.5, 0.6) is 0 Å². The average molecular weight is 328 g/mol. The fraction of sp³-hybridized carbons (Fsp3) is 0.444. The molecule has 1 aromatic heterocycles. The van der Waals surface area contributed by atoms with Crippen LogP contribution >= 0.6 is 0 Å². The first-order chi connectivity index (χ1) is 11.7. The predicted octanol–water partition coefficient (Wildman–Crippen LogP) is 2.08. The van der Waals surface area contributed by atoms with E-state index in [-0.39, 0.29) is 17.1 Å². The molecule has 1 aromatic carbocycles. The molecule has 0 unspecified atom stereocenters. The highest BCUT2D eigenvalue weighted by Crippen LogP contribution is 2.42. The van der Waals surface area contributed by atoms with Gasteiger partial charge in [-0.2, -0.15) is 0 Å². The first-order valence-electron chi connectivity index (χ1n) is 8.10. The number of fused-ring (bicyclic) bond motifs is 1. The molecule has 0 spiro atoms. The second kappa shape index (κ2) is 6.03. The Morgan fingerprint density at radius 1 is 1.42 bits per heavy atom. The van der Waals surface area contributed by atoms with Crippen LogP contribution < -0.4 is 0 Å². The van der Waals surface area contributed by atoms with Gasteiger partial charge in [-0.15, -0.1) is 0 Å². The molecule has 4 rings (SSSR count). The van der Waals surface area contributed by atoms with Crippen LogP contribution in [0.25, 0.3) is 11.3 Å². The minimum atomic E-state index is -0.116. The molecule has 2 aliphatic rings. The fourth-order valence-corrected chi connectivity index (χ4v) is 3.75. The van der Waals surface area contributed by atoms with Crippen LogP contribution in [0.3, 0.4) is 0 Å². The summed E-state index contributed by atoms with van der Waals surface area (Å²) in [6.45, 7) is 3.22. The van der Waals surface area contributed by atoms with Crippen LogP contribution in [0.1, 0.15) is 10.6 Å². The van der Waals surface area contributed by atoms with Gasteiger partial charge >= 0.3 is 0 Å². The van der Waals surface area contributed by atoms with Gasteiger partial charge in [-0.25, -0.2) is 0 Å². The Kier molecular flexibility index (Phi) is 3.86. The highest BCUT2D eigenvalue weighted by Gasteiger charge is 2.52. The van der Waals surface area contributed by atoms with Crippen molar-refractivity contribution < 1.29 is 18.8 Å². The Bertz CT molecular complexity index is 730. The van der Waals surface area contributed by atoms with Gasteiger partial charge in [-0.3, -0.25) is 4.79 Å². The van der Waals surface area contributed by atoms with E-state index >= 15 is 0 Å². The maximum atomic E-state index is 12.8. The van der Waals surface area contributed by atoms with E-state index in [9.17, 15) is 4.79 Å². The third-order valence-corrected chi connectivity index (χ3v) is 5.03. The van der Waals surface area contributed by atoms with Crippen molar-refractivity contribution in [2.24, 2.45) is 11.3 Å². The van der Waals surface area contributed by atoms with Gasteiger partial charge < -0.3 is 18.9 Å². The number of likely N-dealkylation sites (tertiary alicyclic amines) is 1. The first kappa shape index (κ1) is 15.4. The third kappa shape index (κ3) is 2.52. The molecule has 0 bridgehead atoms. The molecular formula is C18H20N2O4. The molecule has 24 heavy (non-hydrogen) atoms. The molecule has 2 saturated heterocycles. The van der Waals surface area contributed by atoms with E-state index in [1.807, 2.05) is 35.2 Å². The molecule has 6 heteroatoms. The summed E-state index contributed by atoms with van der Waals surface area (Å²) in [7, 11) is 1.69. The van der Waals surface area contributed by atoms with Crippen molar-refractivity contribution in [1.29, 1.82) is 0 Å². The average Bonchev–Trinajstić information content (AvgIpc) is 3.29. The number of carbonyl (C=O) groups excluding carboxylic acids is 1. The minimum Gasteiger partial charge on any atom is -0.384 e. The Morgan fingerprint density at radius 3 is 3.04 bits per heavy atom. The molecule has 0 aliphatic carbocycles. The zero-order chi connectivity index (χ0) is 16.6. The molecular weight excluding hydrogens is 308 g/mol. The quantitative estimate of drug-likeness (QED) is 0.860. The van der Waals surface area contributed by atoms with Crippen LogP contribution in [0.4, 0.5) is 0 Å². The number of amides is 1. The van der Waals surface area contributed by atoms with E-state index in [0.717, 1.165) is 5.56 Å². The molecule has 6 nitrogen and oxygen atoms in total. The summed E-state index contributed by atoms with van der Waals surface area (Å²) in [6.07, 6.45) is 0. The normalized spacial score (nSPS) is 25.9. The summed E-state index contributed by atoms with van der Waals surface area (Å²) < 4.78 is 16.3. The number of methoxy groups -OCH3 is 1. The van der Waals surface area contributed by atoms with Crippen LogP contribution in [-0.4, -0.2) is 56.0 Å². The van der Waals surface area contributed by atoms with E-state index < -0.39 is 0 Å². The number of carbonyl (C=O) groups is 1. The van der Waals surface area contributed by atoms with Gasteiger partial charge in [-0.05, 0) is 0 Å². The van der Waals surface area contributed by atoms with Gasteiger partial charge in [0.2, 0.25) is 5.76 Å². The van der Waals surface area contributed by atoms with Crippen molar-refractivity contribution >= 4 is 5.91 Å². The molecule has 0 N–H and O–H groups in total. The predicted molar refractivity (Wildman–Crippen MR) is 86.5 cm³/mol. The number of ether oxygens (including phenoxy) is 2. The van der Waals surface area contributed by atoms with Crippen molar-refractivity contribution in [2.75, 3.05) is 40.0 Å². The molecule has 126 valence electrons. The summed E-state index contributed by atoms with van der Waals surface area (Å²) in [5, 5.41) is 4.03. The Hall–Kier alpha value is -2.18. The van der Waals surface area contributed by atoms with Crippen molar-refractivity contribution in [3.63, 3.8) is 0 Å².